The predicted octanol–water partition coefficient (Wildman–Crippen LogP) is 0.820. The lowest BCUT2D eigenvalue weighted by molar-refractivity contribution is 0.0882. The quantitative estimate of drug-likeness (QED) is 0.638. The van der Waals surface area contributed by atoms with Gasteiger partial charge in [-0.2, -0.15) is 0 Å². The standard InChI is InChI=1S/C9H18N2/c10-7-8-3-4-9(8)11-5-1-2-6-11/h8-9H,1-7,10H2. The second kappa shape index (κ2) is 3.11. The van der Waals surface area contributed by atoms with Crippen molar-refractivity contribution in [3.8, 4) is 0 Å². The van der Waals surface area contributed by atoms with E-state index in [9.17, 15) is 0 Å². The molecule has 1 saturated heterocycles. The summed E-state index contributed by atoms with van der Waals surface area (Å²) in [5.41, 5.74) is 5.67. The van der Waals surface area contributed by atoms with E-state index >= 15 is 0 Å². The van der Waals surface area contributed by atoms with Crippen LogP contribution in [-0.2, 0) is 0 Å². The molecule has 2 N–H and O–H groups in total. The van der Waals surface area contributed by atoms with Crippen LogP contribution in [0, 0.1) is 5.92 Å². The van der Waals surface area contributed by atoms with Gasteiger partial charge in [0.15, 0.2) is 0 Å². The van der Waals surface area contributed by atoms with E-state index in [1.54, 1.807) is 0 Å². The third-order valence-electron chi connectivity index (χ3n) is 3.29. The highest BCUT2D eigenvalue weighted by molar-refractivity contribution is 4.90. The normalized spacial score (nSPS) is 39.0. The molecule has 2 nitrogen and oxygen atoms in total. The van der Waals surface area contributed by atoms with E-state index < -0.39 is 0 Å². The van der Waals surface area contributed by atoms with Gasteiger partial charge >= 0.3 is 0 Å². The summed E-state index contributed by atoms with van der Waals surface area (Å²) < 4.78 is 0. The van der Waals surface area contributed by atoms with Crippen molar-refractivity contribution in [2.24, 2.45) is 11.7 Å². The first-order valence-electron chi connectivity index (χ1n) is 4.86. The Bertz CT molecular complexity index is 128. The molecule has 1 saturated carbocycles. The molecule has 0 aromatic carbocycles. The maximum atomic E-state index is 5.67. The van der Waals surface area contributed by atoms with E-state index in [2.05, 4.69) is 4.90 Å². The number of rotatable bonds is 2. The molecule has 2 atom stereocenters. The molecule has 0 bridgehead atoms. The van der Waals surface area contributed by atoms with Crippen molar-refractivity contribution in [3.63, 3.8) is 0 Å². The average molecular weight is 154 g/mol. The number of hydrogen-bond acceptors (Lipinski definition) is 2. The summed E-state index contributed by atoms with van der Waals surface area (Å²) in [5, 5.41) is 0. The largest absolute Gasteiger partial charge is 0.330 e. The fraction of sp³-hybridized carbons (Fsp3) is 1.00. The second-order valence-electron chi connectivity index (χ2n) is 3.88. The molecule has 0 spiro atoms. The third kappa shape index (κ3) is 1.30. The predicted molar refractivity (Wildman–Crippen MR) is 46.4 cm³/mol. The van der Waals surface area contributed by atoms with Crippen LogP contribution in [0.3, 0.4) is 0 Å². The van der Waals surface area contributed by atoms with Crippen LogP contribution >= 0.6 is 0 Å². The van der Waals surface area contributed by atoms with Crippen molar-refractivity contribution >= 4 is 0 Å². The molecule has 2 unspecified atom stereocenters. The minimum atomic E-state index is 0.827. The zero-order valence-corrected chi connectivity index (χ0v) is 7.13. The van der Waals surface area contributed by atoms with Gasteiger partial charge in [0.2, 0.25) is 0 Å². The van der Waals surface area contributed by atoms with Crippen molar-refractivity contribution < 1.29 is 0 Å². The van der Waals surface area contributed by atoms with Crippen LogP contribution in [0.25, 0.3) is 0 Å². The molecule has 0 aromatic heterocycles. The first-order valence-corrected chi connectivity index (χ1v) is 4.86. The van der Waals surface area contributed by atoms with Crippen molar-refractivity contribution in [1.29, 1.82) is 0 Å². The molecule has 1 aliphatic heterocycles. The van der Waals surface area contributed by atoms with Crippen LogP contribution in [0.1, 0.15) is 25.7 Å². The summed E-state index contributed by atoms with van der Waals surface area (Å²) >= 11 is 0. The molecule has 64 valence electrons. The Morgan fingerprint density at radius 1 is 1.18 bits per heavy atom. The highest BCUT2D eigenvalue weighted by Gasteiger charge is 2.35. The molecule has 1 aliphatic carbocycles. The summed E-state index contributed by atoms with van der Waals surface area (Å²) in [5.74, 6) is 0.827. The highest BCUT2D eigenvalue weighted by atomic mass is 15.2. The van der Waals surface area contributed by atoms with Gasteiger partial charge in [0.05, 0.1) is 0 Å². The van der Waals surface area contributed by atoms with Crippen LogP contribution < -0.4 is 5.73 Å². The number of hydrogen-bond donors (Lipinski definition) is 1. The zero-order valence-electron chi connectivity index (χ0n) is 7.13. The van der Waals surface area contributed by atoms with E-state index in [1.807, 2.05) is 0 Å². The van der Waals surface area contributed by atoms with Gasteiger partial charge in [0.1, 0.15) is 0 Å². The number of nitrogens with two attached hydrogens (primary N) is 1. The molecular weight excluding hydrogens is 136 g/mol. The summed E-state index contributed by atoms with van der Waals surface area (Å²) in [7, 11) is 0. The van der Waals surface area contributed by atoms with Gasteiger partial charge in [-0.1, -0.05) is 0 Å². The molecule has 11 heavy (non-hydrogen) atoms. The van der Waals surface area contributed by atoms with Gasteiger partial charge in [0.25, 0.3) is 0 Å². The van der Waals surface area contributed by atoms with Crippen LogP contribution in [0.15, 0.2) is 0 Å². The monoisotopic (exact) mass is 154 g/mol. The van der Waals surface area contributed by atoms with Crippen molar-refractivity contribution in [1.82, 2.24) is 4.90 Å². The van der Waals surface area contributed by atoms with Crippen molar-refractivity contribution in [3.05, 3.63) is 0 Å². The fourth-order valence-corrected chi connectivity index (χ4v) is 2.38. The van der Waals surface area contributed by atoms with Gasteiger partial charge in [-0.3, -0.25) is 0 Å². The lowest BCUT2D eigenvalue weighted by Crippen LogP contribution is -2.48. The van der Waals surface area contributed by atoms with Crippen molar-refractivity contribution in [2.75, 3.05) is 19.6 Å². The van der Waals surface area contributed by atoms with Gasteiger partial charge in [-0.15, -0.1) is 0 Å². The Morgan fingerprint density at radius 3 is 2.36 bits per heavy atom. The molecule has 0 radical (unpaired) electrons. The van der Waals surface area contributed by atoms with Gasteiger partial charge in [-0.05, 0) is 51.2 Å². The Labute approximate surface area is 68.7 Å². The minimum Gasteiger partial charge on any atom is -0.330 e. The van der Waals surface area contributed by atoms with E-state index in [1.165, 1.54) is 38.8 Å². The maximum Gasteiger partial charge on any atom is 0.0136 e. The van der Waals surface area contributed by atoms with Gasteiger partial charge in [0, 0.05) is 6.04 Å². The van der Waals surface area contributed by atoms with E-state index in [0.29, 0.717) is 0 Å². The fourth-order valence-electron chi connectivity index (χ4n) is 2.38. The Morgan fingerprint density at radius 2 is 1.91 bits per heavy atom. The van der Waals surface area contributed by atoms with Gasteiger partial charge < -0.3 is 10.6 Å². The Hall–Kier alpha value is -0.0800. The van der Waals surface area contributed by atoms with Crippen LogP contribution in [0.2, 0.25) is 0 Å². The summed E-state index contributed by atoms with van der Waals surface area (Å²) in [6.45, 7) is 3.57. The second-order valence-corrected chi connectivity index (χ2v) is 3.88. The van der Waals surface area contributed by atoms with Crippen molar-refractivity contribution in [2.45, 2.75) is 31.7 Å². The zero-order chi connectivity index (χ0) is 7.68. The minimum absolute atomic E-state index is 0.827. The summed E-state index contributed by atoms with van der Waals surface area (Å²) in [6.07, 6.45) is 5.60. The number of likely N-dealkylation sites (tertiary alicyclic amines) is 1. The summed E-state index contributed by atoms with van der Waals surface area (Å²) in [4.78, 5) is 2.64. The topological polar surface area (TPSA) is 29.3 Å². The third-order valence-corrected chi connectivity index (χ3v) is 3.29. The van der Waals surface area contributed by atoms with E-state index in [0.717, 1.165) is 18.5 Å². The number of nitrogens with zero attached hydrogens (tertiary/aromatic N) is 1. The summed E-state index contributed by atoms with van der Waals surface area (Å²) in [6, 6.07) is 0.863. The Balaban J connectivity index is 1.84. The highest BCUT2D eigenvalue weighted by Crippen LogP contribution is 2.33. The average Bonchev–Trinajstić information content (AvgIpc) is 2.39. The molecule has 2 rings (SSSR count). The molecule has 2 fully saturated rings. The van der Waals surface area contributed by atoms with Crippen LogP contribution in [-0.4, -0.2) is 30.6 Å². The molecule has 2 aliphatic rings. The first-order chi connectivity index (χ1) is 5.42. The molecule has 1 heterocycles. The molecule has 0 aromatic rings. The SMILES string of the molecule is NCC1CCC1N1CCCC1. The Kier molecular flexibility index (Phi) is 2.14. The van der Waals surface area contributed by atoms with Gasteiger partial charge in [-0.25, -0.2) is 0 Å². The maximum absolute atomic E-state index is 5.67. The van der Waals surface area contributed by atoms with E-state index in [4.69, 9.17) is 5.73 Å². The lowest BCUT2D eigenvalue weighted by Gasteiger charge is -2.42. The van der Waals surface area contributed by atoms with Crippen LogP contribution in [0.4, 0.5) is 0 Å². The molecular formula is C9H18N2. The van der Waals surface area contributed by atoms with E-state index in [-0.39, 0.29) is 0 Å². The molecule has 0 amide bonds. The first kappa shape index (κ1) is 7.56. The van der Waals surface area contributed by atoms with Crippen LogP contribution in [0.5, 0.6) is 0 Å². The lowest BCUT2D eigenvalue weighted by atomic mass is 9.79. The smallest absolute Gasteiger partial charge is 0.0136 e. The molecule has 2 heteroatoms.